The number of alkyl halides is 3. The number of aryl methyl sites for hydroxylation is 1. The van der Waals surface area contributed by atoms with Gasteiger partial charge in [0.25, 0.3) is 5.91 Å². The second-order valence-electron chi connectivity index (χ2n) is 9.73. The lowest BCUT2D eigenvalue weighted by Gasteiger charge is -2.29. The summed E-state index contributed by atoms with van der Waals surface area (Å²) in [5.41, 5.74) is 2.96. The standard InChI is InChI=1S/C29H28F3N3O2S/c1-19-15-21(11-13-26(19)37-29(30,31)32)27-14-12-22(38-27)18-35(17-20-7-3-2-4-8-20)28(36)25-16-33-23-9-5-6-10-24(23)34-25/h5-6,9-16,20H,2-4,7-8,17-18H2,1H3. The van der Waals surface area contributed by atoms with Gasteiger partial charge in [-0.2, -0.15) is 0 Å². The van der Waals surface area contributed by atoms with Crippen LogP contribution in [0, 0.1) is 12.8 Å². The van der Waals surface area contributed by atoms with Crippen molar-refractivity contribution in [3.05, 3.63) is 76.9 Å². The first kappa shape index (κ1) is 26.2. The Morgan fingerprint density at radius 3 is 2.55 bits per heavy atom. The second-order valence-corrected chi connectivity index (χ2v) is 10.9. The monoisotopic (exact) mass is 539 g/mol. The molecule has 5 nitrogen and oxygen atoms in total. The molecule has 0 spiro atoms. The molecule has 0 bridgehead atoms. The van der Waals surface area contributed by atoms with Crippen molar-refractivity contribution in [3.63, 3.8) is 0 Å². The molecule has 0 saturated heterocycles. The van der Waals surface area contributed by atoms with Crippen molar-refractivity contribution in [2.45, 2.75) is 51.9 Å². The first-order valence-corrected chi connectivity index (χ1v) is 13.5. The zero-order valence-electron chi connectivity index (χ0n) is 21.0. The number of thiophene rings is 1. The number of ether oxygens (including phenoxy) is 1. The molecule has 1 saturated carbocycles. The number of hydrogen-bond donors (Lipinski definition) is 0. The molecule has 0 unspecified atom stereocenters. The molecule has 0 aliphatic heterocycles. The third kappa shape index (κ3) is 6.32. The molecule has 2 heterocycles. The molecule has 198 valence electrons. The summed E-state index contributed by atoms with van der Waals surface area (Å²) < 4.78 is 42.0. The van der Waals surface area contributed by atoms with Crippen LogP contribution in [0.5, 0.6) is 5.75 Å². The van der Waals surface area contributed by atoms with Crippen LogP contribution in [0.25, 0.3) is 21.5 Å². The third-order valence-electron chi connectivity index (χ3n) is 6.85. The van der Waals surface area contributed by atoms with E-state index in [1.807, 2.05) is 41.3 Å². The van der Waals surface area contributed by atoms with E-state index in [-0.39, 0.29) is 11.7 Å². The number of para-hydroxylation sites is 2. The molecule has 2 aromatic heterocycles. The summed E-state index contributed by atoms with van der Waals surface area (Å²) in [5, 5.41) is 0. The van der Waals surface area contributed by atoms with E-state index in [9.17, 15) is 18.0 Å². The fraction of sp³-hybridized carbons (Fsp3) is 0.345. The molecule has 0 N–H and O–H groups in total. The maximum absolute atomic E-state index is 13.7. The van der Waals surface area contributed by atoms with E-state index >= 15 is 0 Å². The zero-order chi connectivity index (χ0) is 26.7. The molecule has 9 heteroatoms. The number of aromatic nitrogens is 2. The Morgan fingerprint density at radius 1 is 1.05 bits per heavy atom. The smallest absolute Gasteiger partial charge is 0.406 e. The van der Waals surface area contributed by atoms with Crippen LogP contribution >= 0.6 is 11.3 Å². The number of fused-ring (bicyclic) bond motifs is 1. The van der Waals surface area contributed by atoms with Crippen LogP contribution in [0.1, 0.15) is 53.0 Å². The van der Waals surface area contributed by atoms with Crippen molar-refractivity contribution in [1.29, 1.82) is 0 Å². The summed E-state index contributed by atoms with van der Waals surface area (Å²) in [6.07, 6.45) is 2.62. The highest BCUT2D eigenvalue weighted by Gasteiger charge is 2.31. The number of nitrogens with zero attached hydrogens (tertiary/aromatic N) is 3. The molecular formula is C29H28F3N3O2S. The fourth-order valence-electron chi connectivity index (χ4n) is 4.97. The van der Waals surface area contributed by atoms with Crippen molar-refractivity contribution in [2.75, 3.05) is 6.54 Å². The summed E-state index contributed by atoms with van der Waals surface area (Å²) in [4.78, 5) is 26.5. The second kappa shape index (κ2) is 11.1. The van der Waals surface area contributed by atoms with Gasteiger partial charge < -0.3 is 9.64 Å². The van der Waals surface area contributed by atoms with E-state index in [0.29, 0.717) is 35.8 Å². The molecule has 0 radical (unpaired) electrons. The molecule has 2 aromatic carbocycles. The highest BCUT2D eigenvalue weighted by atomic mass is 32.1. The van der Waals surface area contributed by atoms with Gasteiger partial charge in [0.1, 0.15) is 11.4 Å². The van der Waals surface area contributed by atoms with Gasteiger partial charge in [-0.1, -0.05) is 31.4 Å². The number of amides is 1. The van der Waals surface area contributed by atoms with Gasteiger partial charge >= 0.3 is 6.36 Å². The van der Waals surface area contributed by atoms with E-state index in [2.05, 4.69) is 14.7 Å². The van der Waals surface area contributed by atoms with E-state index in [0.717, 1.165) is 33.7 Å². The lowest BCUT2D eigenvalue weighted by molar-refractivity contribution is -0.274. The first-order chi connectivity index (χ1) is 18.2. The minimum Gasteiger partial charge on any atom is -0.406 e. The summed E-state index contributed by atoms with van der Waals surface area (Å²) in [6.45, 7) is 2.68. The van der Waals surface area contributed by atoms with Gasteiger partial charge in [-0.05, 0) is 79.3 Å². The minimum atomic E-state index is -4.73. The topological polar surface area (TPSA) is 55.3 Å². The number of carbonyl (C=O) groups is 1. The first-order valence-electron chi connectivity index (χ1n) is 12.7. The van der Waals surface area contributed by atoms with Crippen LogP contribution in [0.4, 0.5) is 13.2 Å². The van der Waals surface area contributed by atoms with Crippen molar-refractivity contribution >= 4 is 28.3 Å². The van der Waals surface area contributed by atoms with Crippen molar-refractivity contribution < 1.29 is 22.7 Å². The quantitative estimate of drug-likeness (QED) is 0.241. The predicted octanol–water partition coefficient (Wildman–Crippen LogP) is 7.79. The lowest BCUT2D eigenvalue weighted by Crippen LogP contribution is -2.36. The Hall–Kier alpha value is -3.46. The molecule has 1 fully saturated rings. The van der Waals surface area contributed by atoms with Gasteiger partial charge in [0.15, 0.2) is 0 Å². The number of carbonyl (C=O) groups excluding carboxylic acids is 1. The van der Waals surface area contributed by atoms with Gasteiger partial charge in [0, 0.05) is 16.3 Å². The van der Waals surface area contributed by atoms with E-state index in [4.69, 9.17) is 0 Å². The van der Waals surface area contributed by atoms with Gasteiger partial charge in [0.05, 0.1) is 23.8 Å². The van der Waals surface area contributed by atoms with Crippen molar-refractivity contribution in [2.24, 2.45) is 5.92 Å². The van der Waals surface area contributed by atoms with Crippen LogP contribution in [-0.2, 0) is 6.54 Å². The molecular weight excluding hydrogens is 511 g/mol. The average Bonchev–Trinajstić information content (AvgIpc) is 3.37. The predicted molar refractivity (Wildman–Crippen MR) is 142 cm³/mol. The normalized spacial score (nSPS) is 14.5. The van der Waals surface area contributed by atoms with E-state index in [1.54, 1.807) is 25.3 Å². The maximum atomic E-state index is 13.7. The van der Waals surface area contributed by atoms with Gasteiger partial charge in [-0.25, -0.2) is 4.98 Å². The summed E-state index contributed by atoms with van der Waals surface area (Å²) in [6, 6.07) is 16.1. The van der Waals surface area contributed by atoms with Gasteiger partial charge in [0.2, 0.25) is 0 Å². The molecule has 1 aliphatic carbocycles. The molecule has 0 atom stereocenters. The Morgan fingerprint density at radius 2 is 1.82 bits per heavy atom. The Bertz CT molecular complexity index is 1430. The molecule has 1 amide bonds. The van der Waals surface area contributed by atoms with Crippen LogP contribution < -0.4 is 4.74 Å². The number of benzene rings is 2. The minimum absolute atomic E-state index is 0.145. The molecule has 38 heavy (non-hydrogen) atoms. The number of halogens is 3. The highest BCUT2D eigenvalue weighted by molar-refractivity contribution is 7.15. The van der Waals surface area contributed by atoms with E-state index in [1.165, 1.54) is 36.7 Å². The third-order valence-corrected chi connectivity index (χ3v) is 7.97. The Balaban J connectivity index is 1.37. The van der Waals surface area contributed by atoms with E-state index < -0.39 is 6.36 Å². The maximum Gasteiger partial charge on any atom is 0.573 e. The number of hydrogen-bond acceptors (Lipinski definition) is 5. The fourth-order valence-corrected chi connectivity index (χ4v) is 5.99. The Labute approximate surface area is 223 Å². The molecule has 1 aliphatic rings. The summed E-state index contributed by atoms with van der Waals surface area (Å²) in [5.74, 6) is 0.0939. The average molecular weight is 540 g/mol. The summed E-state index contributed by atoms with van der Waals surface area (Å²) >= 11 is 1.53. The SMILES string of the molecule is Cc1cc(-c2ccc(CN(CC3CCCCC3)C(=O)c3cnc4ccccc4n3)s2)ccc1OC(F)(F)F. The zero-order valence-corrected chi connectivity index (χ0v) is 21.8. The lowest BCUT2D eigenvalue weighted by atomic mass is 9.89. The van der Waals surface area contributed by atoms with Crippen molar-refractivity contribution in [1.82, 2.24) is 14.9 Å². The number of rotatable bonds is 7. The Kier molecular flexibility index (Phi) is 7.65. The van der Waals surface area contributed by atoms with Crippen LogP contribution in [0.3, 0.4) is 0 Å². The van der Waals surface area contributed by atoms with Crippen molar-refractivity contribution in [3.8, 4) is 16.2 Å². The largest absolute Gasteiger partial charge is 0.573 e. The molecule has 4 aromatic rings. The summed E-state index contributed by atoms with van der Waals surface area (Å²) in [7, 11) is 0. The van der Waals surface area contributed by atoms with Gasteiger partial charge in [-0.3, -0.25) is 9.78 Å². The van der Waals surface area contributed by atoms with Gasteiger partial charge in [-0.15, -0.1) is 24.5 Å². The molecule has 5 rings (SSSR count). The highest BCUT2D eigenvalue weighted by Crippen LogP contribution is 2.34. The van der Waals surface area contributed by atoms with Crippen LogP contribution in [0.15, 0.2) is 60.8 Å². The van der Waals surface area contributed by atoms with Crippen LogP contribution in [-0.4, -0.2) is 33.7 Å². The van der Waals surface area contributed by atoms with Crippen LogP contribution in [0.2, 0.25) is 0 Å².